The summed E-state index contributed by atoms with van der Waals surface area (Å²) in [4.78, 5) is 9.74. The number of carboxylic acids is 1. The molecule has 0 aliphatic carbocycles. The quantitative estimate of drug-likeness (QED) is 0.585. The molecule has 0 atom stereocenters. The predicted octanol–water partition coefficient (Wildman–Crippen LogP) is 2.30. The zero-order valence-corrected chi connectivity index (χ0v) is 7.88. The van der Waals surface area contributed by atoms with Gasteiger partial charge in [0.2, 0.25) is 0 Å². The fourth-order valence-corrected chi connectivity index (χ4v) is 0.942. The molecule has 1 N–H and O–H groups in total. The summed E-state index contributed by atoms with van der Waals surface area (Å²) in [5, 5.41) is 7.73. The molecule has 0 radical (unpaired) electrons. The minimum atomic E-state index is -5.95. The van der Waals surface area contributed by atoms with Crippen molar-refractivity contribution in [3.05, 3.63) is 0 Å². The Bertz CT molecular complexity index is 254. The summed E-state index contributed by atoms with van der Waals surface area (Å²) in [7, 11) is 0. The van der Waals surface area contributed by atoms with Crippen LogP contribution in [0.4, 0.5) is 26.3 Å². The van der Waals surface area contributed by atoms with Crippen LogP contribution in [0.1, 0.15) is 6.42 Å². The van der Waals surface area contributed by atoms with Crippen molar-refractivity contribution in [3.63, 3.8) is 0 Å². The molecule has 0 aromatic heterocycles. The number of alkyl halides is 6. The van der Waals surface area contributed by atoms with Gasteiger partial charge >= 0.3 is 23.7 Å². The van der Waals surface area contributed by atoms with Crippen LogP contribution in [0.25, 0.3) is 0 Å². The molecule has 0 heterocycles. The molecule has 0 rings (SSSR count). The van der Waals surface area contributed by atoms with Crippen LogP contribution in [-0.2, 0) is 4.79 Å². The van der Waals surface area contributed by atoms with E-state index >= 15 is 0 Å². The summed E-state index contributed by atoms with van der Waals surface area (Å²) >= 11 is 3.19. The Morgan fingerprint density at radius 2 is 1.53 bits per heavy atom. The second-order valence-electron chi connectivity index (χ2n) is 2.63. The molecule has 0 aromatic rings. The van der Waals surface area contributed by atoms with Crippen molar-refractivity contribution in [1.82, 2.24) is 0 Å². The summed E-state index contributed by atoms with van der Waals surface area (Å²) in [5.74, 6) is -21.0. The number of aliphatic carboxylic acids is 1. The summed E-state index contributed by atoms with van der Waals surface area (Å²) in [6.07, 6.45) is -1.65. The maximum Gasteiger partial charge on any atom is 0.410 e. The average Bonchev–Trinajstić information content (AvgIpc) is 2.02. The first-order valence-electron chi connectivity index (χ1n) is 3.48. The highest BCUT2D eigenvalue weighted by Crippen LogP contribution is 2.47. The number of carboxylic acid groups (broad SMARTS) is 1. The highest BCUT2D eigenvalue weighted by molar-refractivity contribution is 7.80. The number of hydrogen-bond acceptors (Lipinski definition) is 2. The Kier molecular flexibility index (Phi) is 3.94. The third kappa shape index (κ3) is 2.32. The molecule has 2 nitrogen and oxygen atoms in total. The first kappa shape index (κ1) is 14.4. The van der Waals surface area contributed by atoms with E-state index in [1.54, 1.807) is 0 Å². The summed E-state index contributed by atoms with van der Waals surface area (Å²) in [6.45, 7) is 0. The van der Waals surface area contributed by atoms with Crippen molar-refractivity contribution in [3.8, 4) is 0 Å². The van der Waals surface area contributed by atoms with Gasteiger partial charge in [-0.05, 0) is 5.75 Å². The molecule has 0 aliphatic rings. The van der Waals surface area contributed by atoms with E-state index in [0.29, 0.717) is 0 Å². The van der Waals surface area contributed by atoms with E-state index in [9.17, 15) is 31.1 Å². The maximum atomic E-state index is 12.5. The normalized spacial score (nSPS) is 14.1. The van der Waals surface area contributed by atoms with Crippen molar-refractivity contribution >= 4 is 18.6 Å². The molecular weight excluding hydrogens is 250 g/mol. The van der Waals surface area contributed by atoms with Crippen LogP contribution < -0.4 is 0 Å². The van der Waals surface area contributed by atoms with E-state index in [1.165, 1.54) is 0 Å². The maximum absolute atomic E-state index is 12.5. The van der Waals surface area contributed by atoms with Crippen LogP contribution in [-0.4, -0.2) is 34.6 Å². The van der Waals surface area contributed by atoms with Gasteiger partial charge in [0.15, 0.2) is 0 Å². The molecule has 9 heteroatoms. The number of thiol groups is 1. The second-order valence-corrected chi connectivity index (χ2v) is 3.08. The minimum absolute atomic E-state index is 0.779. The molecule has 0 spiro atoms. The molecule has 0 aromatic carbocycles. The molecule has 0 bridgehead atoms. The Labute approximate surface area is 85.7 Å². The van der Waals surface area contributed by atoms with Crippen LogP contribution in [0.15, 0.2) is 0 Å². The molecule has 0 saturated carbocycles. The van der Waals surface area contributed by atoms with Gasteiger partial charge in [0.1, 0.15) is 0 Å². The highest BCUT2D eigenvalue weighted by atomic mass is 32.1. The number of halogens is 6. The standard InChI is InChI=1S/C6H6F6O2S/c7-4(8,1-2-15)6(11,12)5(9,10)3(13)14/h15H,1-2H2,(H,13,14). The Hall–Kier alpha value is -0.600. The first-order valence-corrected chi connectivity index (χ1v) is 4.11. The summed E-state index contributed by atoms with van der Waals surface area (Å²) in [5.41, 5.74) is 0. The number of hydrogen-bond donors (Lipinski definition) is 2. The minimum Gasteiger partial charge on any atom is -0.477 e. The van der Waals surface area contributed by atoms with Gasteiger partial charge in [0.25, 0.3) is 0 Å². The van der Waals surface area contributed by atoms with Gasteiger partial charge in [-0.3, -0.25) is 0 Å². The van der Waals surface area contributed by atoms with E-state index in [4.69, 9.17) is 5.11 Å². The molecule has 0 fully saturated rings. The van der Waals surface area contributed by atoms with Crippen LogP contribution in [0.3, 0.4) is 0 Å². The number of carbonyl (C=O) groups is 1. The van der Waals surface area contributed by atoms with Gasteiger partial charge in [-0.2, -0.15) is 39.0 Å². The molecule has 0 amide bonds. The predicted molar refractivity (Wildman–Crippen MR) is 40.9 cm³/mol. The van der Waals surface area contributed by atoms with Gasteiger partial charge in [0.05, 0.1) is 0 Å². The fraction of sp³-hybridized carbons (Fsp3) is 0.833. The summed E-state index contributed by atoms with van der Waals surface area (Å²) in [6, 6.07) is 0. The van der Waals surface area contributed by atoms with E-state index < -0.39 is 35.9 Å². The zero-order valence-electron chi connectivity index (χ0n) is 6.98. The van der Waals surface area contributed by atoms with Crippen LogP contribution >= 0.6 is 12.6 Å². The lowest BCUT2D eigenvalue weighted by Crippen LogP contribution is -2.58. The van der Waals surface area contributed by atoms with Crippen LogP contribution in [0.2, 0.25) is 0 Å². The SMILES string of the molecule is O=C(O)C(F)(F)C(F)(F)C(F)(F)CCS. The van der Waals surface area contributed by atoms with E-state index in [1.807, 2.05) is 0 Å². The van der Waals surface area contributed by atoms with Gasteiger partial charge in [-0.1, -0.05) is 0 Å². The Morgan fingerprint density at radius 1 is 1.13 bits per heavy atom. The zero-order chi connectivity index (χ0) is 12.5. The fourth-order valence-electron chi connectivity index (χ4n) is 0.661. The van der Waals surface area contributed by atoms with Crippen LogP contribution in [0.5, 0.6) is 0 Å². The Morgan fingerprint density at radius 3 is 1.80 bits per heavy atom. The van der Waals surface area contributed by atoms with Crippen molar-refractivity contribution in [2.75, 3.05) is 5.75 Å². The van der Waals surface area contributed by atoms with Gasteiger partial charge in [0, 0.05) is 6.42 Å². The number of rotatable bonds is 5. The molecular formula is C6H6F6O2S. The lowest BCUT2D eigenvalue weighted by Gasteiger charge is -2.29. The molecule has 0 aliphatic heterocycles. The molecule has 15 heavy (non-hydrogen) atoms. The molecule has 0 saturated heterocycles. The van der Waals surface area contributed by atoms with Gasteiger partial charge < -0.3 is 5.11 Å². The van der Waals surface area contributed by atoms with Crippen molar-refractivity contribution in [1.29, 1.82) is 0 Å². The molecule has 0 unspecified atom stereocenters. The first-order chi connectivity index (χ1) is 6.50. The molecule has 90 valence electrons. The van der Waals surface area contributed by atoms with E-state index in [0.717, 1.165) is 0 Å². The highest BCUT2D eigenvalue weighted by Gasteiger charge is 2.74. The summed E-state index contributed by atoms with van der Waals surface area (Å²) < 4.78 is 74.6. The Balaban J connectivity index is 5.20. The van der Waals surface area contributed by atoms with Crippen molar-refractivity contribution in [2.45, 2.75) is 24.2 Å². The second kappa shape index (κ2) is 4.11. The van der Waals surface area contributed by atoms with Gasteiger partial charge in [-0.15, -0.1) is 0 Å². The smallest absolute Gasteiger partial charge is 0.410 e. The average molecular weight is 256 g/mol. The third-order valence-corrected chi connectivity index (χ3v) is 1.77. The van der Waals surface area contributed by atoms with E-state index in [-0.39, 0.29) is 0 Å². The third-order valence-electron chi connectivity index (χ3n) is 1.55. The largest absolute Gasteiger partial charge is 0.477 e. The monoisotopic (exact) mass is 256 g/mol. The van der Waals surface area contributed by atoms with Crippen LogP contribution in [0, 0.1) is 0 Å². The van der Waals surface area contributed by atoms with Gasteiger partial charge in [-0.25, -0.2) is 4.79 Å². The topological polar surface area (TPSA) is 37.3 Å². The van der Waals surface area contributed by atoms with Crippen molar-refractivity contribution < 1.29 is 36.2 Å². The van der Waals surface area contributed by atoms with E-state index in [2.05, 4.69) is 12.6 Å². The lowest BCUT2D eigenvalue weighted by molar-refractivity contribution is -0.303. The van der Waals surface area contributed by atoms with Crippen molar-refractivity contribution in [2.24, 2.45) is 0 Å². The lowest BCUT2D eigenvalue weighted by atomic mass is 10.0.